The van der Waals surface area contributed by atoms with Crippen molar-refractivity contribution in [3.05, 3.63) is 89.5 Å². The number of phenolic OH excluding ortho intramolecular Hbond substituents is 3. The van der Waals surface area contributed by atoms with Crippen LogP contribution in [0.4, 0.5) is 0 Å². The summed E-state index contributed by atoms with van der Waals surface area (Å²) in [6.07, 6.45) is -3.90. The second-order valence-corrected chi connectivity index (χ2v) is 19.6. The molecule has 10 atom stereocenters. The van der Waals surface area contributed by atoms with E-state index in [1.165, 1.54) is 72.8 Å². The molecular weight excluding hydrogens is 1110 g/mol. The van der Waals surface area contributed by atoms with Crippen LogP contribution in [0.25, 0.3) is 0 Å². The van der Waals surface area contributed by atoms with Crippen molar-refractivity contribution in [1.29, 1.82) is 0 Å². The van der Waals surface area contributed by atoms with Gasteiger partial charge in [-0.05, 0) is 84.8 Å². The Bertz CT molecular complexity index is 2790. The lowest BCUT2D eigenvalue weighted by molar-refractivity contribution is -0.148. The van der Waals surface area contributed by atoms with Gasteiger partial charge in [0.05, 0.1) is 31.9 Å². The van der Waals surface area contributed by atoms with Gasteiger partial charge in [-0.1, -0.05) is 56.7 Å². The van der Waals surface area contributed by atoms with Crippen LogP contribution < -0.4 is 54.0 Å². The molecule has 0 saturated carbocycles. The summed E-state index contributed by atoms with van der Waals surface area (Å²) >= 11 is 0. The summed E-state index contributed by atoms with van der Waals surface area (Å²) < 4.78 is 0. The summed E-state index contributed by atoms with van der Waals surface area (Å²) in [5, 5.41) is 96.4. The van der Waals surface area contributed by atoms with Gasteiger partial charge in [0.1, 0.15) is 65.6 Å². The Kier molecular flexibility index (Phi) is 28.0. The number of carbonyl (C=O) groups is 12. The molecule has 0 heterocycles. The molecule has 0 aromatic heterocycles. The summed E-state index contributed by atoms with van der Waals surface area (Å²) in [4.78, 5) is 158. The van der Waals surface area contributed by atoms with E-state index in [1.54, 1.807) is 13.8 Å². The minimum absolute atomic E-state index is 0.0753. The van der Waals surface area contributed by atoms with E-state index in [0.717, 1.165) is 0 Å². The number of hydrogen-bond acceptors (Lipinski definition) is 18. The zero-order valence-corrected chi connectivity index (χ0v) is 45.8. The summed E-state index contributed by atoms with van der Waals surface area (Å²) in [5.41, 5.74) is 12.9. The molecule has 0 aliphatic heterocycles. The first-order valence-corrected chi connectivity index (χ1v) is 26.4. The maximum absolute atomic E-state index is 14.2. The molecule has 3 rings (SSSR count). The van der Waals surface area contributed by atoms with Gasteiger partial charge in [-0.25, -0.2) is 4.79 Å². The van der Waals surface area contributed by atoms with Crippen LogP contribution in [-0.4, -0.2) is 180 Å². The topological polar surface area (TPSA) is 515 Å². The van der Waals surface area contributed by atoms with Crippen molar-refractivity contribution in [1.82, 2.24) is 42.5 Å². The van der Waals surface area contributed by atoms with Crippen molar-refractivity contribution >= 4 is 71.1 Å². The standard InChI is InChI=1S/C54H72N10O20/c1-3-27(2)45(56)53(82)62-37(22-30-11-17-33(68)18-12-30)48(77)59-36(21-29-9-15-32(67)16-10-29)49(78)64-41(26-65)52(81)61-38(23-42(69)70)50(79)57-34(6-4-5-19-55)46(75)58-35(20-28-7-13-31(66)14-8-28)47(76)60-39(24-43(71)72)51(80)63-40(54(83)84)25-44(73)74/h7-18,27,34-41,45,65-68H,3-6,19-26,55-56H2,1-2H3,(H,57,79)(H,58,75)(H,59,77)(H,60,76)(H,61,81)(H,62,82)(H,63,80)(H,64,78)(H,69,70)(H,71,72)(H,73,74)(H,83,84)/t27-,34-,35-,36-,37-,38-,39-,40-,41-,45-/m0/s1. The molecule has 3 aromatic rings. The fourth-order valence-corrected chi connectivity index (χ4v) is 8.02. The van der Waals surface area contributed by atoms with Crippen LogP contribution in [0.1, 0.15) is 75.5 Å². The number of carboxylic acid groups (broad SMARTS) is 4. The molecule has 30 nitrogen and oxygen atoms in total. The molecule has 0 spiro atoms. The molecule has 20 N–H and O–H groups in total. The Morgan fingerprint density at radius 2 is 0.702 bits per heavy atom. The maximum atomic E-state index is 14.2. The van der Waals surface area contributed by atoms with Gasteiger partial charge in [-0.2, -0.15) is 0 Å². The maximum Gasteiger partial charge on any atom is 0.326 e. The van der Waals surface area contributed by atoms with Crippen molar-refractivity contribution in [2.45, 2.75) is 132 Å². The Balaban J connectivity index is 1.95. The molecule has 8 amide bonds. The van der Waals surface area contributed by atoms with Gasteiger partial charge in [-0.15, -0.1) is 0 Å². The zero-order chi connectivity index (χ0) is 62.8. The van der Waals surface area contributed by atoms with Crippen molar-refractivity contribution in [2.75, 3.05) is 13.2 Å². The lowest BCUT2D eigenvalue weighted by Gasteiger charge is -2.28. The molecule has 84 heavy (non-hydrogen) atoms. The minimum atomic E-state index is -2.08. The van der Waals surface area contributed by atoms with E-state index in [2.05, 4.69) is 37.2 Å². The summed E-state index contributed by atoms with van der Waals surface area (Å²) in [6, 6.07) is 0.367. The smallest absolute Gasteiger partial charge is 0.326 e. The quantitative estimate of drug-likeness (QED) is 0.0254. The SMILES string of the molecule is CC[C@H](C)[C@H](N)C(=O)N[C@@H](Cc1ccc(O)cc1)C(=O)N[C@@H](Cc1ccc(O)cc1)C(=O)N[C@@H](CO)C(=O)N[C@@H](CC(=O)O)C(=O)N[C@@H](CCCCN)C(=O)N[C@@H](Cc1ccc(O)cc1)C(=O)N[C@@H](CC(=O)O)C(=O)N[C@@H](CC(=O)O)C(=O)O. The van der Waals surface area contributed by atoms with Crippen molar-refractivity contribution < 1.29 is 98.4 Å². The number of aliphatic hydroxyl groups excluding tert-OH is 1. The number of unbranched alkanes of at least 4 members (excludes halogenated alkanes) is 1. The lowest BCUT2D eigenvalue weighted by atomic mass is 9.98. The third-order valence-electron chi connectivity index (χ3n) is 13.0. The van der Waals surface area contributed by atoms with Gasteiger partial charge in [0.15, 0.2) is 0 Å². The molecule has 0 saturated heterocycles. The fourth-order valence-electron chi connectivity index (χ4n) is 8.02. The Labute approximate surface area is 480 Å². The fraction of sp³-hybridized carbons (Fsp3) is 0.444. The van der Waals surface area contributed by atoms with Crippen LogP contribution in [-0.2, 0) is 76.8 Å². The first-order chi connectivity index (χ1) is 39.6. The predicted molar refractivity (Wildman–Crippen MR) is 293 cm³/mol. The number of benzene rings is 3. The number of amides is 8. The van der Waals surface area contributed by atoms with Crippen LogP contribution in [0.15, 0.2) is 72.8 Å². The van der Waals surface area contributed by atoms with Gasteiger partial charge in [-0.3, -0.25) is 52.7 Å². The molecule has 30 heteroatoms. The molecule has 0 unspecified atom stereocenters. The third kappa shape index (κ3) is 23.6. The largest absolute Gasteiger partial charge is 0.508 e. The number of aliphatic carboxylic acids is 4. The average molecular weight is 1180 g/mol. The van der Waals surface area contributed by atoms with E-state index in [-0.39, 0.29) is 67.4 Å². The molecule has 0 fully saturated rings. The number of phenols is 3. The first kappa shape index (κ1) is 68.9. The first-order valence-electron chi connectivity index (χ1n) is 26.4. The second kappa shape index (κ2) is 34.1. The third-order valence-corrected chi connectivity index (χ3v) is 13.0. The van der Waals surface area contributed by atoms with Gasteiger partial charge >= 0.3 is 23.9 Å². The summed E-state index contributed by atoms with van der Waals surface area (Å²) in [6.45, 7) is 2.41. The number of rotatable bonds is 36. The van der Waals surface area contributed by atoms with E-state index in [1.807, 2.05) is 5.32 Å². The average Bonchev–Trinajstić information content (AvgIpc) is 3.59. The van der Waals surface area contributed by atoms with Gasteiger partial charge in [0.25, 0.3) is 0 Å². The molecule has 0 radical (unpaired) electrons. The monoisotopic (exact) mass is 1180 g/mol. The Morgan fingerprint density at radius 1 is 0.417 bits per heavy atom. The van der Waals surface area contributed by atoms with Gasteiger partial charge in [0.2, 0.25) is 47.3 Å². The van der Waals surface area contributed by atoms with Crippen molar-refractivity contribution in [2.24, 2.45) is 17.4 Å². The second-order valence-electron chi connectivity index (χ2n) is 19.6. The van der Waals surface area contributed by atoms with E-state index in [4.69, 9.17) is 16.6 Å². The molecule has 3 aromatic carbocycles. The number of hydrogen-bond donors (Lipinski definition) is 18. The number of aromatic hydroxyl groups is 3. The number of nitrogens with one attached hydrogen (secondary N) is 8. The van der Waals surface area contributed by atoms with Crippen LogP contribution in [0.2, 0.25) is 0 Å². The van der Waals surface area contributed by atoms with Crippen LogP contribution in [0, 0.1) is 5.92 Å². The minimum Gasteiger partial charge on any atom is -0.508 e. The van der Waals surface area contributed by atoms with Crippen molar-refractivity contribution in [3.8, 4) is 17.2 Å². The summed E-state index contributed by atoms with van der Waals surface area (Å²) in [7, 11) is 0. The van der Waals surface area contributed by atoms with E-state index in [0.29, 0.717) is 17.5 Å². The Morgan fingerprint density at radius 3 is 1.04 bits per heavy atom. The van der Waals surface area contributed by atoms with E-state index in [9.17, 15) is 93.3 Å². The lowest BCUT2D eigenvalue weighted by Crippen LogP contribution is -2.61. The van der Waals surface area contributed by atoms with E-state index < -0.39 is 158 Å². The molecule has 458 valence electrons. The van der Waals surface area contributed by atoms with E-state index >= 15 is 0 Å². The highest BCUT2D eigenvalue weighted by Crippen LogP contribution is 2.17. The van der Waals surface area contributed by atoms with Crippen LogP contribution in [0.3, 0.4) is 0 Å². The number of carbonyl (C=O) groups excluding carboxylic acids is 8. The summed E-state index contributed by atoms with van der Waals surface area (Å²) in [5.74, 6) is -16.9. The van der Waals surface area contributed by atoms with Crippen molar-refractivity contribution in [3.63, 3.8) is 0 Å². The molecule has 0 bridgehead atoms. The molecule has 0 aliphatic carbocycles. The zero-order valence-electron chi connectivity index (χ0n) is 45.8. The van der Waals surface area contributed by atoms with Crippen LogP contribution >= 0.6 is 0 Å². The number of aliphatic hydroxyl groups is 1. The van der Waals surface area contributed by atoms with Gasteiger partial charge in [0, 0.05) is 19.3 Å². The molecular formula is C54H72N10O20. The predicted octanol–water partition coefficient (Wildman–Crippen LogP) is -3.29. The highest BCUT2D eigenvalue weighted by molar-refractivity contribution is 5.99. The number of nitrogens with two attached hydrogens (primary N) is 2. The highest BCUT2D eigenvalue weighted by Gasteiger charge is 2.37. The molecule has 0 aliphatic rings. The van der Waals surface area contributed by atoms with Gasteiger partial charge < -0.3 is 94.9 Å². The normalized spacial score (nSPS) is 14.5. The number of carboxylic acids is 4. The van der Waals surface area contributed by atoms with Crippen LogP contribution in [0.5, 0.6) is 17.2 Å². The Hall–Kier alpha value is -9.42. The highest BCUT2D eigenvalue weighted by atomic mass is 16.4.